The van der Waals surface area contributed by atoms with Gasteiger partial charge >= 0.3 is 5.97 Å². The number of carbonyl (C=O) groups is 2. The highest BCUT2D eigenvalue weighted by molar-refractivity contribution is 7.07. The lowest BCUT2D eigenvalue weighted by atomic mass is 9.98. The van der Waals surface area contributed by atoms with Gasteiger partial charge in [-0.1, -0.05) is 72.3 Å². The molecule has 0 spiro atoms. The summed E-state index contributed by atoms with van der Waals surface area (Å²) < 4.78 is 6.92. The van der Waals surface area contributed by atoms with Crippen molar-refractivity contribution in [3.05, 3.63) is 105 Å². The van der Waals surface area contributed by atoms with Crippen molar-refractivity contribution in [2.45, 2.75) is 13.5 Å². The summed E-state index contributed by atoms with van der Waals surface area (Å²) >= 11 is 7.38. The highest BCUT2D eigenvalue weighted by Gasteiger charge is 2.17. The van der Waals surface area contributed by atoms with Gasteiger partial charge in [0.05, 0.1) is 23.7 Å². The Balaban J connectivity index is 1.49. The zero-order chi connectivity index (χ0) is 26.5. The third-order valence-corrected chi connectivity index (χ3v) is 6.91. The fourth-order valence-electron chi connectivity index (χ4n) is 3.91. The molecular formula is C27H21ClN6O3S. The molecule has 0 radical (unpaired) electrons. The monoisotopic (exact) mass is 544 g/mol. The first-order valence-electron chi connectivity index (χ1n) is 11.7. The molecule has 0 unspecified atom stereocenters. The molecule has 3 aromatic carbocycles. The molecule has 0 aliphatic heterocycles. The molecule has 0 atom stereocenters. The number of aromatic nitrogens is 5. The Morgan fingerprint density at radius 3 is 2.47 bits per heavy atom. The minimum atomic E-state index is -0.490. The molecule has 1 N–H and O–H groups in total. The molecule has 1 amide bonds. The van der Waals surface area contributed by atoms with Crippen molar-refractivity contribution in [3.8, 4) is 22.5 Å². The average Bonchev–Trinajstić information content (AvgIpc) is 3.60. The number of nitrogens with zero attached hydrogens (tertiary/aromatic N) is 5. The number of hydrogen-bond donors (Lipinski definition) is 1. The number of hydrogen-bond acceptors (Lipinski definition) is 7. The molecule has 190 valence electrons. The van der Waals surface area contributed by atoms with Gasteiger partial charge in [-0.15, -0.1) is 16.4 Å². The van der Waals surface area contributed by atoms with Crippen molar-refractivity contribution in [2.75, 3.05) is 6.61 Å². The molecule has 2 heterocycles. The Morgan fingerprint density at radius 1 is 1.03 bits per heavy atom. The van der Waals surface area contributed by atoms with Crippen molar-refractivity contribution in [3.63, 3.8) is 0 Å². The van der Waals surface area contributed by atoms with E-state index in [1.165, 1.54) is 11.3 Å². The van der Waals surface area contributed by atoms with Gasteiger partial charge in [0.2, 0.25) is 0 Å². The Kier molecular flexibility index (Phi) is 7.52. The second-order valence-corrected chi connectivity index (χ2v) is 9.34. The highest BCUT2D eigenvalue weighted by atomic mass is 35.5. The van der Waals surface area contributed by atoms with Gasteiger partial charge < -0.3 is 9.30 Å². The lowest BCUT2D eigenvalue weighted by Crippen LogP contribution is -2.23. The Hall–Kier alpha value is -4.41. The van der Waals surface area contributed by atoms with Crippen LogP contribution in [0.5, 0.6) is 0 Å². The maximum atomic E-state index is 12.9. The van der Waals surface area contributed by atoms with Gasteiger partial charge in [-0.3, -0.25) is 4.79 Å². The van der Waals surface area contributed by atoms with E-state index in [9.17, 15) is 9.59 Å². The number of rotatable bonds is 7. The first-order valence-corrected chi connectivity index (χ1v) is 12.9. The molecule has 0 aliphatic carbocycles. The maximum absolute atomic E-state index is 12.9. The number of tetrazole rings is 1. The lowest BCUT2D eigenvalue weighted by Gasteiger charge is -2.11. The molecule has 0 aliphatic rings. The molecule has 9 nitrogen and oxygen atoms in total. The Labute approximate surface area is 226 Å². The van der Waals surface area contributed by atoms with E-state index in [0.29, 0.717) is 27.9 Å². The second-order valence-electron chi connectivity index (χ2n) is 8.10. The molecule has 0 fully saturated rings. The van der Waals surface area contributed by atoms with Gasteiger partial charge in [0.15, 0.2) is 10.6 Å². The van der Waals surface area contributed by atoms with Gasteiger partial charge in [0.25, 0.3) is 5.91 Å². The second kappa shape index (κ2) is 11.3. The quantitative estimate of drug-likeness (QED) is 0.288. The molecule has 0 bridgehead atoms. The van der Waals surface area contributed by atoms with Crippen molar-refractivity contribution < 1.29 is 14.3 Å². The van der Waals surface area contributed by atoms with Crippen LogP contribution in [0.25, 0.3) is 22.5 Å². The predicted molar refractivity (Wildman–Crippen MR) is 144 cm³/mol. The minimum absolute atomic E-state index is 0.231. The summed E-state index contributed by atoms with van der Waals surface area (Å²) in [5.74, 6) is -0.399. The number of benzene rings is 3. The lowest BCUT2D eigenvalue weighted by molar-refractivity contribution is 0.0513. The van der Waals surface area contributed by atoms with E-state index in [1.54, 1.807) is 41.1 Å². The van der Waals surface area contributed by atoms with Crippen LogP contribution < -0.4 is 4.80 Å². The molecular weight excluding hydrogens is 524 g/mol. The summed E-state index contributed by atoms with van der Waals surface area (Å²) in [6.45, 7) is 2.28. The maximum Gasteiger partial charge on any atom is 0.355 e. The van der Waals surface area contributed by atoms with Gasteiger partial charge in [0, 0.05) is 10.9 Å². The molecule has 0 saturated carbocycles. The predicted octanol–water partition coefficient (Wildman–Crippen LogP) is 5.02. The standard InChI is InChI=1S/C27H21ClN6O3S/c1-2-37-26(36)23-16-38-27(29-25(35)21-9-5-6-10-22(21)28)34(23)15-17-11-13-18(14-12-17)19-7-3-4-8-20(19)24-30-32-33-31-24/h3-14,16H,2,15H2,1H3,(H,30,31,32,33). The molecule has 11 heteroatoms. The average molecular weight is 545 g/mol. The van der Waals surface area contributed by atoms with Crippen LogP contribution >= 0.6 is 22.9 Å². The molecule has 2 aromatic heterocycles. The van der Waals surface area contributed by atoms with Crippen molar-refractivity contribution in [2.24, 2.45) is 4.99 Å². The van der Waals surface area contributed by atoms with E-state index < -0.39 is 11.9 Å². The van der Waals surface area contributed by atoms with Crippen LogP contribution in [0.3, 0.4) is 0 Å². The summed E-state index contributed by atoms with van der Waals surface area (Å²) in [6, 6.07) is 22.4. The van der Waals surface area contributed by atoms with E-state index >= 15 is 0 Å². The largest absolute Gasteiger partial charge is 0.461 e. The van der Waals surface area contributed by atoms with E-state index in [4.69, 9.17) is 16.3 Å². The van der Waals surface area contributed by atoms with E-state index in [-0.39, 0.29) is 12.2 Å². The number of nitrogens with one attached hydrogen (secondary N) is 1. The number of aromatic amines is 1. The molecule has 5 aromatic rings. The van der Waals surface area contributed by atoms with Crippen LogP contribution in [0.2, 0.25) is 5.02 Å². The van der Waals surface area contributed by atoms with Crippen LogP contribution in [0.15, 0.2) is 83.2 Å². The zero-order valence-corrected chi connectivity index (χ0v) is 21.7. The van der Waals surface area contributed by atoms with Crippen LogP contribution in [-0.2, 0) is 11.3 Å². The topological polar surface area (TPSA) is 115 Å². The van der Waals surface area contributed by atoms with E-state index in [2.05, 4.69) is 25.6 Å². The van der Waals surface area contributed by atoms with Gasteiger partial charge in [-0.2, -0.15) is 4.99 Å². The first kappa shape index (κ1) is 25.2. The van der Waals surface area contributed by atoms with Crippen LogP contribution in [0.1, 0.15) is 33.3 Å². The number of ether oxygens (including phenoxy) is 1. The summed E-state index contributed by atoms with van der Waals surface area (Å²) in [7, 11) is 0. The van der Waals surface area contributed by atoms with Gasteiger partial charge in [0.1, 0.15) is 5.69 Å². The SMILES string of the molecule is CCOC(=O)c1csc(=NC(=O)c2ccccc2Cl)n1Cc1ccc(-c2ccccc2-c2nnn[nH]2)cc1. The summed E-state index contributed by atoms with van der Waals surface area (Å²) in [5.41, 5.74) is 4.32. The Morgan fingerprint density at radius 2 is 1.76 bits per heavy atom. The minimum Gasteiger partial charge on any atom is -0.461 e. The number of thiazole rings is 1. The number of H-pyrrole nitrogens is 1. The normalized spacial score (nSPS) is 11.5. The smallest absolute Gasteiger partial charge is 0.355 e. The third kappa shape index (κ3) is 5.31. The van der Waals surface area contributed by atoms with Crippen molar-refractivity contribution in [1.29, 1.82) is 0 Å². The Bertz CT molecular complexity index is 1660. The van der Waals surface area contributed by atoms with Crippen LogP contribution in [0.4, 0.5) is 0 Å². The van der Waals surface area contributed by atoms with E-state index in [0.717, 1.165) is 22.3 Å². The third-order valence-electron chi connectivity index (χ3n) is 5.72. The summed E-state index contributed by atoms with van der Waals surface area (Å²) in [4.78, 5) is 30.2. The number of esters is 1. The van der Waals surface area contributed by atoms with Crippen molar-refractivity contribution >= 4 is 34.8 Å². The van der Waals surface area contributed by atoms with E-state index in [1.807, 2.05) is 48.5 Å². The van der Waals surface area contributed by atoms with Crippen LogP contribution in [0, 0.1) is 0 Å². The van der Waals surface area contributed by atoms with Crippen molar-refractivity contribution in [1.82, 2.24) is 25.2 Å². The van der Waals surface area contributed by atoms with Gasteiger partial charge in [-0.25, -0.2) is 9.89 Å². The first-order chi connectivity index (χ1) is 18.5. The zero-order valence-electron chi connectivity index (χ0n) is 20.2. The molecule has 0 saturated heterocycles. The highest BCUT2D eigenvalue weighted by Crippen LogP contribution is 2.30. The van der Waals surface area contributed by atoms with Gasteiger partial charge in [-0.05, 0) is 46.2 Å². The summed E-state index contributed by atoms with van der Waals surface area (Å²) in [5, 5.41) is 16.1. The number of halogens is 1. The molecule has 38 heavy (non-hydrogen) atoms. The summed E-state index contributed by atoms with van der Waals surface area (Å²) in [6.07, 6.45) is 0. The number of amides is 1. The number of carbonyl (C=O) groups excluding carboxylic acids is 2. The van der Waals surface area contributed by atoms with Crippen LogP contribution in [-0.4, -0.2) is 43.7 Å². The fraction of sp³-hybridized carbons (Fsp3) is 0.111. The fourth-order valence-corrected chi connectivity index (χ4v) is 4.99. The molecule has 5 rings (SSSR count).